The van der Waals surface area contributed by atoms with Crippen LogP contribution in [0.15, 0.2) is 72.8 Å². The minimum Gasteiger partial charge on any atom is -0.453 e. The molecule has 0 amide bonds. The highest BCUT2D eigenvalue weighted by Gasteiger charge is 2.11. The molecule has 6 heteroatoms. The van der Waals surface area contributed by atoms with Gasteiger partial charge in [0.2, 0.25) is 0 Å². The summed E-state index contributed by atoms with van der Waals surface area (Å²) in [5, 5.41) is 17.3. The SMILES string of the molecule is N#COc1ccc(Oc2ccc(C(=O)c3ccccc3)cc2)c(OC#N)c1. The summed E-state index contributed by atoms with van der Waals surface area (Å²) in [5.41, 5.74) is 1.13. The van der Waals surface area contributed by atoms with Crippen LogP contribution < -0.4 is 14.2 Å². The number of nitriles is 2. The molecule has 0 saturated carbocycles. The largest absolute Gasteiger partial charge is 0.453 e. The van der Waals surface area contributed by atoms with Crippen molar-refractivity contribution in [3.8, 4) is 35.5 Å². The van der Waals surface area contributed by atoms with Crippen molar-refractivity contribution in [3.63, 3.8) is 0 Å². The second-order valence-corrected chi connectivity index (χ2v) is 5.32. The fourth-order valence-corrected chi connectivity index (χ4v) is 2.38. The Kier molecular flexibility index (Phi) is 5.32. The normalized spacial score (nSPS) is 9.56. The van der Waals surface area contributed by atoms with Gasteiger partial charge < -0.3 is 14.2 Å². The van der Waals surface area contributed by atoms with Gasteiger partial charge in [-0.25, -0.2) is 0 Å². The molecule has 0 unspecified atom stereocenters. The van der Waals surface area contributed by atoms with E-state index in [0.29, 0.717) is 16.9 Å². The molecule has 0 bridgehead atoms. The minimum atomic E-state index is -0.0892. The molecule has 27 heavy (non-hydrogen) atoms. The van der Waals surface area contributed by atoms with Gasteiger partial charge in [0, 0.05) is 17.2 Å². The van der Waals surface area contributed by atoms with E-state index in [1.165, 1.54) is 18.2 Å². The van der Waals surface area contributed by atoms with E-state index in [1.807, 2.05) is 6.07 Å². The Hall–Kier alpha value is -4.29. The Morgan fingerprint density at radius 1 is 0.704 bits per heavy atom. The lowest BCUT2D eigenvalue weighted by Crippen LogP contribution is -2.00. The molecule has 0 fully saturated rings. The molecule has 0 spiro atoms. The zero-order chi connectivity index (χ0) is 19.1. The van der Waals surface area contributed by atoms with E-state index in [2.05, 4.69) is 0 Å². The van der Waals surface area contributed by atoms with Crippen LogP contribution in [0.1, 0.15) is 15.9 Å². The summed E-state index contributed by atoms with van der Waals surface area (Å²) < 4.78 is 15.3. The summed E-state index contributed by atoms with van der Waals surface area (Å²) in [6, 6.07) is 20.0. The lowest BCUT2D eigenvalue weighted by atomic mass is 10.0. The molecule has 3 rings (SSSR count). The van der Waals surface area contributed by atoms with E-state index >= 15 is 0 Å². The molecule has 3 aromatic carbocycles. The maximum Gasteiger partial charge on any atom is 0.292 e. The van der Waals surface area contributed by atoms with Crippen LogP contribution in [-0.2, 0) is 0 Å². The minimum absolute atomic E-state index is 0.0892. The second-order valence-electron chi connectivity index (χ2n) is 5.32. The van der Waals surface area contributed by atoms with Gasteiger partial charge in [-0.3, -0.25) is 4.79 Å². The van der Waals surface area contributed by atoms with E-state index < -0.39 is 0 Å². The number of nitrogens with zero attached hydrogens (tertiary/aromatic N) is 2. The van der Waals surface area contributed by atoms with Gasteiger partial charge in [-0.1, -0.05) is 30.3 Å². The summed E-state index contributed by atoms with van der Waals surface area (Å²) in [5.74, 6) is 0.961. The molecular formula is C21H12N2O4. The lowest BCUT2D eigenvalue weighted by molar-refractivity contribution is 0.103. The van der Waals surface area contributed by atoms with Crippen LogP contribution in [0.5, 0.6) is 23.0 Å². The van der Waals surface area contributed by atoms with Crippen molar-refractivity contribution in [2.24, 2.45) is 0 Å². The van der Waals surface area contributed by atoms with Gasteiger partial charge in [0.25, 0.3) is 12.5 Å². The third kappa shape index (κ3) is 4.22. The first kappa shape index (κ1) is 17.5. The average molecular weight is 356 g/mol. The van der Waals surface area contributed by atoms with Crippen molar-refractivity contribution in [3.05, 3.63) is 83.9 Å². The monoisotopic (exact) mass is 356 g/mol. The number of hydrogen-bond acceptors (Lipinski definition) is 6. The molecular weight excluding hydrogens is 344 g/mol. The van der Waals surface area contributed by atoms with Crippen LogP contribution in [0.25, 0.3) is 0 Å². The number of carbonyl (C=O) groups is 1. The van der Waals surface area contributed by atoms with Crippen molar-refractivity contribution in [2.45, 2.75) is 0 Å². The molecule has 0 aromatic heterocycles. The number of rotatable bonds is 6. The molecule has 3 aromatic rings. The van der Waals surface area contributed by atoms with Crippen molar-refractivity contribution < 1.29 is 19.0 Å². The third-order valence-corrected chi connectivity index (χ3v) is 3.61. The van der Waals surface area contributed by atoms with Gasteiger partial charge in [0.05, 0.1) is 0 Å². The zero-order valence-electron chi connectivity index (χ0n) is 14.0. The summed E-state index contributed by atoms with van der Waals surface area (Å²) in [6.45, 7) is 0. The molecule has 0 heterocycles. The van der Waals surface area contributed by atoms with Crippen molar-refractivity contribution in [2.75, 3.05) is 0 Å². The third-order valence-electron chi connectivity index (χ3n) is 3.61. The van der Waals surface area contributed by atoms with Gasteiger partial charge in [0.1, 0.15) is 11.5 Å². The van der Waals surface area contributed by atoms with Gasteiger partial charge in [0.15, 0.2) is 17.3 Å². The summed E-state index contributed by atoms with van der Waals surface area (Å²) in [7, 11) is 0. The summed E-state index contributed by atoms with van der Waals surface area (Å²) in [6.07, 6.45) is 3.10. The fourth-order valence-electron chi connectivity index (χ4n) is 2.38. The van der Waals surface area contributed by atoms with E-state index in [4.69, 9.17) is 24.7 Å². The lowest BCUT2D eigenvalue weighted by Gasteiger charge is -2.10. The van der Waals surface area contributed by atoms with Crippen LogP contribution >= 0.6 is 0 Å². The highest BCUT2D eigenvalue weighted by molar-refractivity contribution is 6.08. The average Bonchev–Trinajstić information content (AvgIpc) is 2.71. The Morgan fingerprint density at radius 2 is 1.33 bits per heavy atom. The molecule has 6 nitrogen and oxygen atoms in total. The first-order valence-electron chi connectivity index (χ1n) is 7.85. The maximum atomic E-state index is 12.4. The van der Waals surface area contributed by atoms with Gasteiger partial charge in [-0.15, -0.1) is 10.5 Å². The van der Waals surface area contributed by atoms with Gasteiger partial charge in [-0.05, 0) is 36.4 Å². The molecule has 0 radical (unpaired) electrons. The number of benzene rings is 3. The Labute approximate surface area is 155 Å². The van der Waals surface area contributed by atoms with E-state index in [1.54, 1.807) is 61.0 Å². The molecule has 0 aliphatic carbocycles. The van der Waals surface area contributed by atoms with Crippen molar-refractivity contribution in [1.29, 1.82) is 10.5 Å². The Bertz CT molecular complexity index is 1030. The van der Waals surface area contributed by atoms with E-state index in [-0.39, 0.29) is 23.0 Å². The molecule has 0 aliphatic rings. The van der Waals surface area contributed by atoms with Gasteiger partial charge >= 0.3 is 0 Å². The first-order valence-corrected chi connectivity index (χ1v) is 7.85. The molecule has 0 N–H and O–H groups in total. The van der Waals surface area contributed by atoms with E-state index in [9.17, 15) is 4.79 Å². The standard InChI is InChI=1S/C21H12N2O4/c22-13-25-18-10-11-19(20(12-18)26-14-23)27-17-8-6-16(7-9-17)21(24)15-4-2-1-3-5-15/h1-12H. The predicted molar refractivity (Wildman–Crippen MR) is 95.3 cm³/mol. The molecule has 0 aliphatic heterocycles. The van der Waals surface area contributed by atoms with Crippen LogP contribution in [0.3, 0.4) is 0 Å². The number of ether oxygens (including phenoxy) is 3. The van der Waals surface area contributed by atoms with Crippen LogP contribution in [0, 0.1) is 23.0 Å². The van der Waals surface area contributed by atoms with Crippen LogP contribution in [0.2, 0.25) is 0 Å². The number of hydrogen-bond donors (Lipinski definition) is 0. The summed E-state index contributed by atoms with van der Waals surface area (Å²) >= 11 is 0. The first-order chi connectivity index (χ1) is 13.2. The number of ketones is 1. The fraction of sp³-hybridized carbons (Fsp3) is 0. The van der Waals surface area contributed by atoms with Gasteiger partial charge in [-0.2, -0.15) is 0 Å². The highest BCUT2D eigenvalue weighted by atomic mass is 16.5. The van der Waals surface area contributed by atoms with Crippen LogP contribution in [-0.4, -0.2) is 5.78 Å². The zero-order valence-corrected chi connectivity index (χ0v) is 14.0. The van der Waals surface area contributed by atoms with E-state index in [0.717, 1.165) is 0 Å². The van der Waals surface area contributed by atoms with Crippen molar-refractivity contribution >= 4 is 5.78 Å². The molecule has 0 atom stereocenters. The predicted octanol–water partition coefficient (Wildman–Crippen LogP) is 4.43. The Morgan fingerprint density at radius 3 is 2.00 bits per heavy atom. The highest BCUT2D eigenvalue weighted by Crippen LogP contribution is 2.35. The maximum absolute atomic E-state index is 12.4. The summed E-state index contributed by atoms with van der Waals surface area (Å²) in [4.78, 5) is 12.4. The molecule has 0 saturated heterocycles. The number of carbonyl (C=O) groups excluding carboxylic acids is 1. The topological polar surface area (TPSA) is 92.3 Å². The van der Waals surface area contributed by atoms with Crippen molar-refractivity contribution in [1.82, 2.24) is 0 Å². The molecule has 130 valence electrons. The quantitative estimate of drug-likeness (QED) is 0.479. The van der Waals surface area contributed by atoms with Crippen LogP contribution in [0.4, 0.5) is 0 Å². The smallest absolute Gasteiger partial charge is 0.292 e. The second kappa shape index (κ2) is 8.19. The Balaban J connectivity index is 1.80.